The zero-order valence-corrected chi connectivity index (χ0v) is 11.3. The standard InChI is InChI=1S/C13H11FN2O3S/c1-7-2-3-10(9(14)6-7)15-13(19)16-11-8(12(17)18)4-5-20-11/h2-6H,1H3,(H,17,18)(H2,15,16,19). The molecule has 0 spiro atoms. The summed E-state index contributed by atoms with van der Waals surface area (Å²) in [5, 5.41) is 15.4. The van der Waals surface area contributed by atoms with Crippen molar-refractivity contribution in [2.45, 2.75) is 6.92 Å². The van der Waals surface area contributed by atoms with Gasteiger partial charge in [0, 0.05) is 0 Å². The third-order valence-electron chi connectivity index (χ3n) is 2.50. The van der Waals surface area contributed by atoms with Crippen LogP contribution in [0.15, 0.2) is 29.6 Å². The fraction of sp³-hybridized carbons (Fsp3) is 0.0769. The number of carbonyl (C=O) groups is 2. The molecule has 1 aromatic carbocycles. The molecule has 0 aliphatic carbocycles. The summed E-state index contributed by atoms with van der Waals surface area (Å²) in [6, 6.07) is 5.08. The summed E-state index contributed by atoms with van der Waals surface area (Å²) in [5.41, 5.74) is 0.760. The summed E-state index contributed by atoms with van der Waals surface area (Å²) >= 11 is 1.08. The van der Waals surface area contributed by atoms with Crippen LogP contribution in [0.5, 0.6) is 0 Å². The van der Waals surface area contributed by atoms with E-state index in [1.807, 2.05) is 0 Å². The van der Waals surface area contributed by atoms with Crippen LogP contribution in [0.1, 0.15) is 15.9 Å². The number of rotatable bonds is 3. The number of halogens is 1. The maximum absolute atomic E-state index is 13.6. The molecule has 2 aromatic rings. The van der Waals surface area contributed by atoms with Crippen molar-refractivity contribution in [2.24, 2.45) is 0 Å². The van der Waals surface area contributed by atoms with Crippen LogP contribution in [-0.2, 0) is 0 Å². The molecule has 0 saturated heterocycles. The summed E-state index contributed by atoms with van der Waals surface area (Å²) < 4.78 is 13.6. The number of carboxylic acids is 1. The molecule has 0 fully saturated rings. The number of thiophene rings is 1. The lowest BCUT2D eigenvalue weighted by atomic mass is 10.2. The predicted molar refractivity (Wildman–Crippen MR) is 75.1 cm³/mol. The van der Waals surface area contributed by atoms with Crippen molar-refractivity contribution in [2.75, 3.05) is 10.6 Å². The minimum atomic E-state index is -1.14. The van der Waals surface area contributed by atoms with E-state index in [1.54, 1.807) is 18.4 Å². The Morgan fingerprint density at radius 3 is 2.65 bits per heavy atom. The number of aryl methyl sites for hydroxylation is 1. The molecule has 1 heterocycles. The molecule has 0 radical (unpaired) electrons. The number of carboxylic acid groups (broad SMARTS) is 1. The Kier molecular flexibility index (Phi) is 3.99. The Morgan fingerprint density at radius 2 is 2.00 bits per heavy atom. The van der Waals surface area contributed by atoms with Crippen LogP contribution in [-0.4, -0.2) is 17.1 Å². The topological polar surface area (TPSA) is 78.4 Å². The SMILES string of the molecule is Cc1ccc(NC(=O)Nc2sccc2C(=O)O)c(F)c1. The second-order valence-electron chi connectivity index (χ2n) is 4.03. The largest absolute Gasteiger partial charge is 0.478 e. The summed E-state index contributed by atoms with van der Waals surface area (Å²) in [7, 11) is 0. The van der Waals surface area contributed by atoms with Gasteiger partial charge in [0.25, 0.3) is 0 Å². The second kappa shape index (κ2) is 5.70. The average molecular weight is 294 g/mol. The van der Waals surface area contributed by atoms with Crippen molar-refractivity contribution in [3.05, 3.63) is 46.6 Å². The molecule has 0 unspecified atom stereocenters. The molecular weight excluding hydrogens is 283 g/mol. The van der Waals surface area contributed by atoms with Crippen LogP contribution in [0.2, 0.25) is 0 Å². The first-order chi connectivity index (χ1) is 9.47. The molecule has 104 valence electrons. The number of hydrogen-bond acceptors (Lipinski definition) is 3. The summed E-state index contributed by atoms with van der Waals surface area (Å²) in [4.78, 5) is 22.6. The van der Waals surface area contributed by atoms with Gasteiger partial charge in [-0.15, -0.1) is 11.3 Å². The first-order valence-corrected chi connectivity index (χ1v) is 6.50. The van der Waals surface area contributed by atoms with Crippen LogP contribution in [0.25, 0.3) is 0 Å². The van der Waals surface area contributed by atoms with Crippen LogP contribution < -0.4 is 10.6 Å². The monoisotopic (exact) mass is 294 g/mol. The van der Waals surface area contributed by atoms with E-state index in [2.05, 4.69) is 10.6 Å². The first-order valence-electron chi connectivity index (χ1n) is 5.62. The van der Waals surface area contributed by atoms with E-state index in [1.165, 1.54) is 18.2 Å². The molecule has 0 bridgehead atoms. The number of anilines is 2. The third kappa shape index (κ3) is 3.12. The number of urea groups is 1. The molecule has 20 heavy (non-hydrogen) atoms. The molecule has 0 saturated carbocycles. The molecule has 1 aromatic heterocycles. The quantitative estimate of drug-likeness (QED) is 0.810. The summed E-state index contributed by atoms with van der Waals surface area (Å²) in [6.45, 7) is 1.73. The van der Waals surface area contributed by atoms with Crippen LogP contribution >= 0.6 is 11.3 Å². The highest BCUT2D eigenvalue weighted by atomic mass is 32.1. The Hall–Kier alpha value is -2.41. The second-order valence-corrected chi connectivity index (χ2v) is 4.95. The fourth-order valence-electron chi connectivity index (χ4n) is 1.55. The molecular formula is C13H11FN2O3S. The van der Waals surface area contributed by atoms with Gasteiger partial charge in [-0.2, -0.15) is 0 Å². The Bertz CT molecular complexity index is 669. The van der Waals surface area contributed by atoms with Gasteiger partial charge in [0.1, 0.15) is 10.8 Å². The van der Waals surface area contributed by atoms with E-state index in [9.17, 15) is 14.0 Å². The molecule has 5 nitrogen and oxygen atoms in total. The van der Waals surface area contributed by atoms with E-state index >= 15 is 0 Å². The van der Waals surface area contributed by atoms with Crippen LogP contribution in [0.3, 0.4) is 0 Å². The van der Waals surface area contributed by atoms with E-state index in [4.69, 9.17) is 5.11 Å². The highest BCUT2D eigenvalue weighted by molar-refractivity contribution is 7.14. The smallest absolute Gasteiger partial charge is 0.338 e. The Morgan fingerprint density at radius 1 is 1.25 bits per heavy atom. The number of benzene rings is 1. The maximum atomic E-state index is 13.6. The van der Waals surface area contributed by atoms with Gasteiger partial charge < -0.3 is 10.4 Å². The maximum Gasteiger partial charge on any atom is 0.338 e. The highest BCUT2D eigenvalue weighted by Crippen LogP contribution is 2.23. The number of aromatic carboxylic acids is 1. The molecule has 2 rings (SSSR count). The highest BCUT2D eigenvalue weighted by Gasteiger charge is 2.14. The summed E-state index contributed by atoms with van der Waals surface area (Å²) in [5.74, 6) is -1.69. The van der Waals surface area contributed by atoms with Crippen molar-refractivity contribution >= 4 is 34.0 Å². The molecule has 0 aliphatic heterocycles. The van der Waals surface area contributed by atoms with Crippen molar-refractivity contribution in [1.29, 1.82) is 0 Å². The van der Waals surface area contributed by atoms with Crippen LogP contribution in [0.4, 0.5) is 19.9 Å². The average Bonchev–Trinajstić information content (AvgIpc) is 2.81. The number of hydrogen-bond donors (Lipinski definition) is 3. The van der Waals surface area contributed by atoms with Gasteiger partial charge in [-0.25, -0.2) is 14.0 Å². The van der Waals surface area contributed by atoms with Crippen molar-refractivity contribution < 1.29 is 19.1 Å². The predicted octanol–water partition coefficient (Wildman–Crippen LogP) is 3.54. The lowest BCUT2D eigenvalue weighted by molar-refractivity contribution is 0.0698. The lowest BCUT2D eigenvalue weighted by Crippen LogP contribution is -2.20. The van der Waals surface area contributed by atoms with Gasteiger partial charge in [-0.3, -0.25) is 5.32 Å². The van der Waals surface area contributed by atoms with Crippen molar-refractivity contribution in [3.63, 3.8) is 0 Å². The number of carbonyl (C=O) groups excluding carboxylic acids is 1. The van der Waals surface area contributed by atoms with Gasteiger partial charge in [0.15, 0.2) is 0 Å². The van der Waals surface area contributed by atoms with E-state index in [0.29, 0.717) is 0 Å². The minimum Gasteiger partial charge on any atom is -0.478 e. The lowest BCUT2D eigenvalue weighted by Gasteiger charge is -2.08. The zero-order chi connectivity index (χ0) is 14.7. The Balaban J connectivity index is 2.09. The molecule has 0 atom stereocenters. The fourth-order valence-corrected chi connectivity index (χ4v) is 2.33. The Labute approximate surface area is 118 Å². The van der Waals surface area contributed by atoms with Crippen LogP contribution in [0, 0.1) is 12.7 Å². The molecule has 7 heteroatoms. The molecule has 2 amide bonds. The van der Waals surface area contributed by atoms with Gasteiger partial charge in [0.05, 0.1) is 11.3 Å². The first kappa shape index (κ1) is 14.0. The zero-order valence-electron chi connectivity index (χ0n) is 10.4. The molecule has 3 N–H and O–H groups in total. The third-order valence-corrected chi connectivity index (χ3v) is 3.33. The number of amides is 2. The van der Waals surface area contributed by atoms with Gasteiger partial charge in [0.2, 0.25) is 0 Å². The minimum absolute atomic E-state index is 0.00507. The van der Waals surface area contributed by atoms with Crippen molar-refractivity contribution in [3.8, 4) is 0 Å². The normalized spacial score (nSPS) is 10.1. The van der Waals surface area contributed by atoms with Gasteiger partial charge in [-0.05, 0) is 36.1 Å². The summed E-state index contributed by atoms with van der Waals surface area (Å²) in [6.07, 6.45) is 0. The molecule has 0 aliphatic rings. The van der Waals surface area contributed by atoms with E-state index in [0.717, 1.165) is 16.9 Å². The van der Waals surface area contributed by atoms with Gasteiger partial charge >= 0.3 is 12.0 Å². The van der Waals surface area contributed by atoms with E-state index in [-0.39, 0.29) is 16.3 Å². The number of nitrogens with one attached hydrogen (secondary N) is 2. The van der Waals surface area contributed by atoms with Crippen molar-refractivity contribution in [1.82, 2.24) is 0 Å². The van der Waals surface area contributed by atoms with E-state index < -0.39 is 17.8 Å². The van der Waals surface area contributed by atoms with Gasteiger partial charge in [-0.1, -0.05) is 6.07 Å².